The van der Waals surface area contributed by atoms with Crippen LogP contribution in [0.5, 0.6) is 0 Å². The van der Waals surface area contributed by atoms with Gasteiger partial charge in [-0.25, -0.2) is 4.98 Å². The van der Waals surface area contributed by atoms with Crippen molar-refractivity contribution in [2.24, 2.45) is 0 Å². The Kier molecular flexibility index (Phi) is 5.59. The molecule has 1 aromatic carbocycles. The Labute approximate surface area is 137 Å². The summed E-state index contributed by atoms with van der Waals surface area (Å²) in [5.74, 6) is 0.429. The van der Waals surface area contributed by atoms with Crippen LogP contribution in [0, 0.1) is 0 Å². The number of nitrogens with one attached hydrogen (secondary N) is 2. The van der Waals surface area contributed by atoms with Gasteiger partial charge in [0.05, 0.1) is 5.69 Å². The number of nitrogens with zero attached hydrogens (tertiary/aromatic N) is 1. The van der Waals surface area contributed by atoms with Crippen molar-refractivity contribution in [2.75, 3.05) is 17.2 Å². The minimum absolute atomic E-state index is 0.266. The molecule has 0 spiro atoms. The molecule has 4 nitrogen and oxygen atoms in total. The van der Waals surface area contributed by atoms with Gasteiger partial charge in [-0.1, -0.05) is 24.6 Å². The van der Waals surface area contributed by atoms with Crippen molar-refractivity contribution < 1.29 is 4.79 Å². The van der Waals surface area contributed by atoms with E-state index in [0.29, 0.717) is 22.2 Å². The standard InChI is InChI=1S/C15H15BrClN3O/c1-2-8-18-14-5-3-4-13(19-14)15(21)20-12-7-6-10(17)9-11(12)16/h3-7,9H,2,8H2,1H3,(H,18,19)(H,20,21). The Hall–Kier alpha value is -1.59. The van der Waals surface area contributed by atoms with Gasteiger partial charge in [-0.15, -0.1) is 0 Å². The minimum atomic E-state index is -0.266. The van der Waals surface area contributed by atoms with E-state index in [1.165, 1.54) is 0 Å². The van der Waals surface area contributed by atoms with Crippen molar-refractivity contribution in [3.63, 3.8) is 0 Å². The highest BCUT2D eigenvalue weighted by Crippen LogP contribution is 2.26. The van der Waals surface area contributed by atoms with Crippen LogP contribution < -0.4 is 10.6 Å². The molecule has 2 rings (SSSR count). The average molecular weight is 369 g/mol. The lowest BCUT2D eigenvalue weighted by Gasteiger charge is -2.09. The largest absolute Gasteiger partial charge is 0.370 e. The van der Waals surface area contributed by atoms with Crippen molar-refractivity contribution in [3.05, 3.63) is 51.6 Å². The van der Waals surface area contributed by atoms with Gasteiger partial charge in [0, 0.05) is 16.0 Å². The maximum Gasteiger partial charge on any atom is 0.274 e. The van der Waals surface area contributed by atoms with Crippen LogP contribution in [0.15, 0.2) is 40.9 Å². The molecular formula is C15H15BrClN3O. The molecule has 6 heteroatoms. The summed E-state index contributed by atoms with van der Waals surface area (Å²) in [7, 11) is 0. The van der Waals surface area contributed by atoms with Crippen molar-refractivity contribution >= 4 is 44.9 Å². The third kappa shape index (κ3) is 4.44. The predicted octanol–water partition coefficient (Wildman–Crippen LogP) is 4.57. The number of aromatic nitrogens is 1. The molecule has 0 radical (unpaired) electrons. The highest BCUT2D eigenvalue weighted by atomic mass is 79.9. The van der Waals surface area contributed by atoms with Crippen molar-refractivity contribution in [1.29, 1.82) is 0 Å². The Balaban J connectivity index is 2.12. The average Bonchev–Trinajstić information content (AvgIpc) is 2.48. The quantitative estimate of drug-likeness (QED) is 0.812. The lowest BCUT2D eigenvalue weighted by atomic mass is 10.3. The molecule has 2 aromatic rings. The summed E-state index contributed by atoms with van der Waals surface area (Å²) in [6.45, 7) is 2.89. The molecule has 0 saturated carbocycles. The van der Waals surface area contributed by atoms with Gasteiger partial charge in [-0.2, -0.15) is 0 Å². The molecule has 0 aliphatic carbocycles. The lowest BCUT2D eigenvalue weighted by molar-refractivity contribution is 0.102. The maximum absolute atomic E-state index is 12.2. The molecule has 1 aromatic heterocycles. The van der Waals surface area contributed by atoms with Crippen LogP contribution in [0.1, 0.15) is 23.8 Å². The van der Waals surface area contributed by atoms with Crippen LogP contribution in [0.25, 0.3) is 0 Å². The minimum Gasteiger partial charge on any atom is -0.370 e. The first-order valence-electron chi connectivity index (χ1n) is 6.57. The summed E-state index contributed by atoms with van der Waals surface area (Å²) in [5, 5.41) is 6.56. The van der Waals surface area contributed by atoms with Crippen LogP contribution in [0.3, 0.4) is 0 Å². The molecule has 1 heterocycles. The number of amides is 1. The number of anilines is 2. The van der Waals surface area contributed by atoms with Crippen molar-refractivity contribution in [1.82, 2.24) is 4.98 Å². The highest BCUT2D eigenvalue weighted by Gasteiger charge is 2.10. The fourth-order valence-corrected chi connectivity index (χ4v) is 2.47. The fourth-order valence-electron chi connectivity index (χ4n) is 1.69. The summed E-state index contributed by atoms with van der Waals surface area (Å²) in [4.78, 5) is 16.5. The van der Waals surface area contributed by atoms with Gasteiger partial charge in [0.2, 0.25) is 0 Å². The Morgan fingerprint density at radius 2 is 2.14 bits per heavy atom. The molecule has 0 aliphatic heterocycles. The highest BCUT2D eigenvalue weighted by molar-refractivity contribution is 9.10. The smallest absolute Gasteiger partial charge is 0.274 e. The Morgan fingerprint density at radius 3 is 2.86 bits per heavy atom. The first-order chi connectivity index (χ1) is 10.1. The van der Waals surface area contributed by atoms with Crippen molar-refractivity contribution in [3.8, 4) is 0 Å². The number of carbonyl (C=O) groups excluding carboxylic acids is 1. The number of pyridine rings is 1. The summed E-state index contributed by atoms with van der Waals surface area (Å²) in [6.07, 6.45) is 0.996. The number of hydrogen-bond acceptors (Lipinski definition) is 3. The number of hydrogen-bond donors (Lipinski definition) is 2. The number of carbonyl (C=O) groups is 1. The van der Waals surface area contributed by atoms with E-state index in [-0.39, 0.29) is 5.91 Å². The van der Waals surface area contributed by atoms with Gasteiger partial charge in [-0.05, 0) is 52.7 Å². The number of halogens is 2. The van der Waals surface area contributed by atoms with Gasteiger partial charge >= 0.3 is 0 Å². The lowest BCUT2D eigenvalue weighted by Crippen LogP contribution is -2.15. The SMILES string of the molecule is CCCNc1cccc(C(=O)Nc2ccc(Cl)cc2Br)n1. The van der Waals surface area contributed by atoms with Crippen LogP contribution in [0.4, 0.5) is 11.5 Å². The molecule has 21 heavy (non-hydrogen) atoms. The zero-order valence-electron chi connectivity index (χ0n) is 11.5. The van der Waals surface area contributed by atoms with Gasteiger partial charge in [0.1, 0.15) is 11.5 Å². The van der Waals surface area contributed by atoms with Gasteiger partial charge in [0.25, 0.3) is 5.91 Å². The third-order valence-corrected chi connectivity index (χ3v) is 3.61. The van der Waals surface area contributed by atoms with Crippen LogP contribution in [-0.2, 0) is 0 Å². The molecule has 2 N–H and O–H groups in total. The van der Waals surface area contributed by atoms with Crippen LogP contribution >= 0.6 is 27.5 Å². The molecule has 0 bridgehead atoms. The number of benzene rings is 1. The maximum atomic E-state index is 12.2. The van der Waals surface area contributed by atoms with Gasteiger partial charge < -0.3 is 10.6 Å². The Bertz CT molecular complexity index is 649. The molecule has 0 fully saturated rings. The summed E-state index contributed by atoms with van der Waals surface area (Å²) < 4.78 is 0.726. The number of rotatable bonds is 5. The monoisotopic (exact) mass is 367 g/mol. The van der Waals surface area contributed by atoms with E-state index in [9.17, 15) is 4.79 Å². The third-order valence-electron chi connectivity index (χ3n) is 2.72. The molecule has 1 amide bonds. The van der Waals surface area contributed by atoms with Crippen LogP contribution in [-0.4, -0.2) is 17.4 Å². The van der Waals surface area contributed by atoms with E-state index >= 15 is 0 Å². The van der Waals surface area contributed by atoms with E-state index in [0.717, 1.165) is 17.4 Å². The fraction of sp³-hybridized carbons (Fsp3) is 0.200. The van der Waals surface area contributed by atoms with E-state index in [4.69, 9.17) is 11.6 Å². The topological polar surface area (TPSA) is 54.0 Å². The second-order valence-electron chi connectivity index (χ2n) is 4.41. The Morgan fingerprint density at radius 1 is 1.33 bits per heavy atom. The van der Waals surface area contributed by atoms with E-state index in [2.05, 4.69) is 38.5 Å². The summed E-state index contributed by atoms with van der Waals surface area (Å²) in [5.41, 5.74) is 1.01. The first kappa shape index (κ1) is 15.8. The molecule has 0 saturated heterocycles. The normalized spacial score (nSPS) is 10.2. The first-order valence-corrected chi connectivity index (χ1v) is 7.74. The molecule has 0 aliphatic rings. The molecule has 110 valence electrons. The molecule has 0 unspecified atom stereocenters. The second kappa shape index (κ2) is 7.43. The van der Waals surface area contributed by atoms with Crippen LogP contribution in [0.2, 0.25) is 5.02 Å². The van der Waals surface area contributed by atoms with Gasteiger partial charge in [-0.3, -0.25) is 4.79 Å². The summed E-state index contributed by atoms with van der Waals surface area (Å²) in [6, 6.07) is 10.5. The molecule has 0 atom stereocenters. The zero-order valence-corrected chi connectivity index (χ0v) is 13.8. The van der Waals surface area contributed by atoms with E-state index < -0.39 is 0 Å². The summed E-state index contributed by atoms with van der Waals surface area (Å²) >= 11 is 9.24. The van der Waals surface area contributed by atoms with E-state index in [1.54, 1.807) is 30.3 Å². The van der Waals surface area contributed by atoms with Crippen molar-refractivity contribution in [2.45, 2.75) is 13.3 Å². The molecular weight excluding hydrogens is 354 g/mol. The van der Waals surface area contributed by atoms with E-state index in [1.807, 2.05) is 6.07 Å². The zero-order chi connectivity index (χ0) is 15.2. The second-order valence-corrected chi connectivity index (χ2v) is 5.70. The predicted molar refractivity (Wildman–Crippen MR) is 90.1 cm³/mol. The van der Waals surface area contributed by atoms with Gasteiger partial charge in [0.15, 0.2) is 0 Å².